The molecule has 0 saturated carbocycles. The van der Waals surface area contributed by atoms with Crippen molar-refractivity contribution >= 4 is 21.6 Å². The normalized spacial score (nSPS) is 17.9. The molecule has 0 unspecified atom stereocenters. The molecule has 7 nitrogen and oxygen atoms in total. The Balaban J connectivity index is 1.82. The Labute approximate surface area is 154 Å². The van der Waals surface area contributed by atoms with Gasteiger partial charge in [0.15, 0.2) is 0 Å². The molecule has 3 rings (SSSR count). The van der Waals surface area contributed by atoms with Crippen LogP contribution in [0, 0.1) is 6.92 Å². The summed E-state index contributed by atoms with van der Waals surface area (Å²) in [4.78, 5) is 12.6. The predicted molar refractivity (Wildman–Crippen MR) is 101 cm³/mol. The first-order chi connectivity index (χ1) is 12.1. The zero-order valence-corrected chi connectivity index (χ0v) is 16.5. The number of fused-ring (bicyclic) bond motifs is 1. The zero-order valence-electron chi connectivity index (χ0n) is 15.6. The minimum absolute atomic E-state index is 0.143. The van der Waals surface area contributed by atoms with Crippen molar-refractivity contribution in [2.45, 2.75) is 39.3 Å². The van der Waals surface area contributed by atoms with Crippen LogP contribution in [0.15, 0.2) is 24.4 Å². The van der Waals surface area contributed by atoms with E-state index in [1.807, 2.05) is 27.8 Å². The fourth-order valence-electron chi connectivity index (χ4n) is 3.55. The van der Waals surface area contributed by atoms with Crippen molar-refractivity contribution in [3.05, 3.63) is 46.8 Å². The van der Waals surface area contributed by atoms with E-state index >= 15 is 0 Å². The lowest BCUT2D eigenvalue weighted by molar-refractivity contribution is 0.0939. The fourth-order valence-corrected chi connectivity index (χ4v) is 4.81. The van der Waals surface area contributed by atoms with E-state index in [1.165, 1.54) is 10.6 Å². The molecule has 0 fully saturated rings. The smallest absolute Gasteiger partial charge is 0.251 e. The topological polar surface area (TPSA) is 84.3 Å². The number of carbonyl (C=O) groups excluding carboxylic acids is 1. The van der Waals surface area contributed by atoms with Crippen molar-refractivity contribution in [3.63, 3.8) is 0 Å². The average molecular weight is 376 g/mol. The molecule has 1 aliphatic heterocycles. The molecule has 8 heteroatoms. The molecule has 140 valence electrons. The molecule has 0 radical (unpaired) electrons. The van der Waals surface area contributed by atoms with Crippen LogP contribution in [0.5, 0.6) is 0 Å². The van der Waals surface area contributed by atoms with Crippen molar-refractivity contribution in [1.29, 1.82) is 0 Å². The minimum Gasteiger partial charge on any atom is -0.345 e. The highest BCUT2D eigenvalue weighted by atomic mass is 32.2. The van der Waals surface area contributed by atoms with Gasteiger partial charge in [-0.2, -0.15) is 5.10 Å². The van der Waals surface area contributed by atoms with E-state index in [-0.39, 0.29) is 18.0 Å². The second-order valence-corrected chi connectivity index (χ2v) is 8.82. The van der Waals surface area contributed by atoms with Gasteiger partial charge in [-0.15, -0.1) is 0 Å². The van der Waals surface area contributed by atoms with E-state index in [1.54, 1.807) is 29.1 Å². The van der Waals surface area contributed by atoms with Gasteiger partial charge >= 0.3 is 0 Å². The number of benzene rings is 1. The first-order valence-electron chi connectivity index (χ1n) is 8.51. The Hall–Kier alpha value is -2.35. The summed E-state index contributed by atoms with van der Waals surface area (Å²) in [5.74, 6) is -0.186. The van der Waals surface area contributed by atoms with E-state index in [4.69, 9.17) is 0 Å². The lowest BCUT2D eigenvalue weighted by atomic mass is 10.1. The summed E-state index contributed by atoms with van der Waals surface area (Å²) in [7, 11) is -1.47. The highest BCUT2D eigenvalue weighted by Gasteiger charge is 2.32. The monoisotopic (exact) mass is 376 g/mol. The third-order valence-electron chi connectivity index (χ3n) is 4.94. The van der Waals surface area contributed by atoms with Crippen LogP contribution in [-0.2, 0) is 23.5 Å². The zero-order chi connectivity index (χ0) is 19.2. The molecule has 26 heavy (non-hydrogen) atoms. The number of amides is 1. The molecule has 2 aromatic rings. The average Bonchev–Trinajstić information content (AvgIpc) is 3.05. The maximum atomic E-state index is 12.6. The van der Waals surface area contributed by atoms with Crippen LogP contribution in [0.25, 0.3) is 0 Å². The molecule has 2 heterocycles. The molecule has 2 atom stereocenters. The minimum atomic E-state index is -3.33. The number of hydrogen-bond acceptors (Lipinski definition) is 4. The number of nitrogens with zero attached hydrogens (tertiary/aromatic N) is 3. The second kappa shape index (κ2) is 6.42. The molecule has 1 aliphatic rings. The highest BCUT2D eigenvalue weighted by molar-refractivity contribution is 7.92. The number of aromatic nitrogens is 2. The third kappa shape index (κ3) is 3.21. The largest absolute Gasteiger partial charge is 0.345 e. The fraction of sp³-hybridized carbons (Fsp3) is 0.444. The number of nitrogens with one attached hydrogen (secondary N) is 1. The summed E-state index contributed by atoms with van der Waals surface area (Å²) in [6, 6.07) is 4.86. The summed E-state index contributed by atoms with van der Waals surface area (Å²) in [6.45, 7) is 5.75. The van der Waals surface area contributed by atoms with Crippen LogP contribution >= 0.6 is 0 Å². The van der Waals surface area contributed by atoms with Crippen LogP contribution in [-0.4, -0.2) is 36.4 Å². The Morgan fingerprint density at radius 3 is 2.65 bits per heavy atom. The van der Waals surface area contributed by atoms with Gasteiger partial charge in [-0.1, -0.05) is 0 Å². The maximum Gasteiger partial charge on any atom is 0.251 e. The Kier molecular flexibility index (Phi) is 4.56. The predicted octanol–water partition coefficient (Wildman–Crippen LogP) is 1.93. The van der Waals surface area contributed by atoms with Crippen LogP contribution in [0.2, 0.25) is 0 Å². The lowest BCUT2D eigenvalue weighted by Crippen LogP contribution is -2.34. The number of carbonyl (C=O) groups is 1. The molecular weight excluding hydrogens is 352 g/mol. The van der Waals surface area contributed by atoms with E-state index in [9.17, 15) is 13.2 Å². The van der Waals surface area contributed by atoms with Gasteiger partial charge in [-0.05, 0) is 51.0 Å². The van der Waals surface area contributed by atoms with Gasteiger partial charge < -0.3 is 5.32 Å². The summed E-state index contributed by atoms with van der Waals surface area (Å²) >= 11 is 0. The molecule has 1 amide bonds. The molecule has 1 aromatic carbocycles. The number of anilines is 1. The van der Waals surface area contributed by atoms with Crippen molar-refractivity contribution in [3.8, 4) is 0 Å². The molecule has 0 aliphatic carbocycles. The van der Waals surface area contributed by atoms with Gasteiger partial charge in [-0.3, -0.25) is 13.8 Å². The number of aryl methyl sites for hydroxylation is 1. The molecule has 1 aromatic heterocycles. The number of hydrogen-bond donors (Lipinski definition) is 1. The van der Waals surface area contributed by atoms with Crippen molar-refractivity contribution < 1.29 is 13.2 Å². The van der Waals surface area contributed by atoms with Gasteiger partial charge in [-0.25, -0.2) is 8.42 Å². The van der Waals surface area contributed by atoms with Gasteiger partial charge in [0.2, 0.25) is 10.0 Å². The van der Waals surface area contributed by atoms with Gasteiger partial charge in [0.05, 0.1) is 24.2 Å². The quantitative estimate of drug-likeness (QED) is 0.884. The van der Waals surface area contributed by atoms with Crippen LogP contribution in [0.4, 0.5) is 5.69 Å². The molecular formula is C18H24N4O3S. The van der Waals surface area contributed by atoms with Gasteiger partial charge in [0.1, 0.15) is 0 Å². The molecule has 0 spiro atoms. The molecule has 1 N–H and O–H groups in total. The first-order valence-corrected chi connectivity index (χ1v) is 10.4. The van der Waals surface area contributed by atoms with Crippen molar-refractivity contribution in [2.75, 3.05) is 10.6 Å². The van der Waals surface area contributed by atoms with E-state index in [0.29, 0.717) is 17.7 Å². The molecule has 0 bridgehead atoms. The highest BCUT2D eigenvalue weighted by Crippen LogP contribution is 2.34. The van der Waals surface area contributed by atoms with Gasteiger partial charge in [0, 0.05) is 29.9 Å². The van der Waals surface area contributed by atoms with Crippen LogP contribution < -0.4 is 9.62 Å². The standard InChI is InChI=1S/C18H24N4O3S/c1-11-8-15-9-14(6-7-17(15)22(11)26(5,24)25)18(23)20-12(2)16-10-19-21(4)13(16)3/h6-7,9-12H,8H2,1-5H3,(H,20,23)/t11-,12+/m1/s1. The van der Waals surface area contributed by atoms with Crippen LogP contribution in [0.3, 0.4) is 0 Å². The van der Waals surface area contributed by atoms with E-state index < -0.39 is 10.0 Å². The van der Waals surface area contributed by atoms with Crippen molar-refractivity contribution in [2.24, 2.45) is 7.05 Å². The van der Waals surface area contributed by atoms with Crippen LogP contribution in [0.1, 0.15) is 47.1 Å². The van der Waals surface area contributed by atoms with E-state index in [0.717, 1.165) is 16.8 Å². The summed E-state index contributed by atoms with van der Waals surface area (Å²) < 4.78 is 27.2. The summed E-state index contributed by atoms with van der Waals surface area (Å²) in [6.07, 6.45) is 3.56. The Morgan fingerprint density at radius 1 is 1.38 bits per heavy atom. The van der Waals surface area contributed by atoms with Crippen molar-refractivity contribution in [1.82, 2.24) is 15.1 Å². The Bertz CT molecular complexity index is 965. The summed E-state index contributed by atoms with van der Waals surface area (Å²) in [5.41, 5.74) is 4.04. The lowest BCUT2D eigenvalue weighted by Gasteiger charge is -2.22. The molecule has 0 saturated heterocycles. The third-order valence-corrected chi connectivity index (χ3v) is 6.21. The van der Waals surface area contributed by atoms with E-state index in [2.05, 4.69) is 10.4 Å². The number of rotatable bonds is 4. The van der Waals surface area contributed by atoms with Gasteiger partial charge in [0.25, 0.3) is 5.91 Å². The Morgan fingerprint density at radius 2 is 2.08 bits per heavy atom. The first kappa shape index (κ1) is 18.4. The SMILES string of the molecule is Cc1c([C@H](C)NC(=O)c2ccc3c(c2)C[C@@H](C)N3S(C)(=O)=O)cnn1C. The second-order valence-electron chi connectivity index (χ2n) is 6.96. The number of sulfonamides is 1. The summed E-state index contributed by atoms with van der Waals surface area (Å²) in [5, 5.41) is 7.19. The maximum absolute atomic E-state index is 12.6.